The lowest BCUT2D eigenvalue weighted by atomic mass is 9.81. The van der Waals surface area contributed by atoms with E-state index in [1.807, 2.05) is 0 Å². The number of rotatable bonds is 6. The van der Waals surface area contributed by atoms with Gasteiger partial charge >= 0.3 is 0 Å². The summed E-state index contributed by atoms with van der Waals surface area (Å²) in [6, 6.07) is 13.3. The highest BCUT2D eigenvalue weighted by molar-refractivity contribution is 5.98. The van der Waals surface area contributed by atoms with Gasteiger partial charge in [0.2, 0.25) is 5.91 Å². The number of nitrogens with zero attached hydrogens (tertiary/aromatic N) is 1. The summed E-state index contributed by atoms with van der Waals surface area (Å²) in [7, 11) is 0. The third-order valence-electron chi connectivity index (χ3n) is 6.08. The maximum Gasteiger partial charge on any atom is 0.227 e. The van der Waals surface area contributed by atoms with Crippen LogP contribution in [0.3, 0.4) is 0 Å². The molecular formula is C25H28Cl2N6O3. The molecule has 0 spiro atoms. The zero-order chi connectivity index (χ0) is 24.8. The molecule has 0 bridgehead atoms. The number of hydrogen-bond acceptors (Lipinski definition) is 6. The van der Waals surface area contributed by atoms with Gasteiger partial charge in [0.05, 0.1) is 22.0 Å². The summed E-state index contributed by atoms with van der Waals surface area (Å²) in [5, 5.41) is 29.5. The van der Waals surface area contributed by atoms with Crippen LogP contribution in [-0.2, 0) is 16.8 Å². The van der Waals surface area contributed by atoms with Gasteiger partial charge in [0, 0.05) is 23.2 Å². The van der Waals surface area contributed by atoms with Crippen LogP contribution in [-0.4, -0.2) is 31.9 Å². The van der Waals surface area contributed by atoms with Gasteiger partial charge in [0.1, 0.15) is 23.2 Å². The number of fused-ring (bicyclic) bond motifs is 1. The summed E-state index contributed by atoms with van der Waals surface area (Å²) in [4.78, 5) is 20.0. The maximum atomic E-state index is 12.3. The van der Waals surface area contributed by atoms with Crippen LogP contribution in [0.1, 0.15) is 30.5 Å². The van der Waals surface area contributed by atoms with Crippen molar-refractivity contribution in [3.8, 4) is 34.0 Å². The number of primary amides is 1. The summed E-state index contributed by atoms with van der Waals surface area (Å²) in [6.45, 7) is 3.61. The van der Waals surface area contributed by atoms with E-state index in [4.69, 9.17) is 22.6 Å². The molecule has 10 N–H and O–H groups in total. The number of carbonyl (C=O) groups excluding carboxylic acids is 1. The number of hydrogen-bond donors (Lipinski definition) is 7. The number of aromatic nitrogens is 2. The Bertz CT molecular complexity index is 1470. The van der Waals surface area contributed by atoms with Gasteiger partial charge in [-0.15, -0.1) is 24.8 Å². The molecule has 4 rings (SSSR count). The summed E-state index contributed by atoms with van der Waals surface area (Å²) in [6.07, 6.45) is 0. The number of imidazole rings is 1. The number of halogens is 2. The number of aromatic hydroxyl groups is 2. The Kier molecular flexibility index (Phi) is 8.26. The van der Waals surface area contributed by atoms with Crippen molar-refractivity contribution >= 4 is 47.6 Å². The standard InChI is InChI=1S/C25H26N6O3.2ClH/c1-25(2,24(29)34)14-9-16(15-7-12(11-26)3-6-20(15)32)21(33)17(10-14)23-30-18-5-4-13(22(27)28)8-19(18)31-23;;/h3-10,32-33H,11,26H2,1-2H3,(H3,27,28)(H2,29,34)(H,30,31);2*1H. The van der Waals surface area contributed by atoms with Crippen LogP contribution < -0.4 is 17.2 Å². The number of nitrogen functional groups attached to an aromatic ring is 1. The topological polar surface area (TPSA) is 188 Å². The molecule has 1 aromatic heterocycles. The van der Waals surface area contributed by atoms with Crippen LogP contribution in [0, 0.1) is 5.41 Å². The zero-order valence-corrected chi connectivity index (χ0v) is 21.3. The predicted molar refractivity (Wildman–Crippen MR) is 146 cm³/mol. The molecule has 0 radical (unpaired) electrons. The molecule has 0 aliphatic heterocycles. The van der Waals surface area contributed by atoms with Crippen molar-refractivity contribution in [2.75, 3.05) is 0 Å². The number of amides is 1. The van der Waals surface area contributed by atoms with E-state index in [2.05, 4.69) is 9.97 Å². The van der Waals surface area contributed by atoms with Crippen LogP contribution in [0.15, 0.2) is 48.5 Å². The molecule has 3 aromatic carbocycles. The average Bonchev–Trinajstić information content (AvgIpc) is 3.22. The minimum atomic E-state index is -1.08. The highest BCUT2D eigenvalue weighted by Gasteiger charge is 2.30. The molecule has 0 unspecified atom stereocenters. The lowest BCUT2D eigenvalue weighted by Crippen LogP contribution is -2.35. The number of nitrogens with two attached hydrogens (primary N) is 3. The fourth-order valence-corrected chi connectivity index (χ4v) is 3.75. The normalized spacial score (nSPS) is 11.0. The smallest absolute Gasteiger partial charge is 0.227 e. The van der Waals surface area contributed by atoms with Gasteiger partial charge < -0.3 is 32.4 Å². The second-order valence-corrected chi connectivity index (χ2v) is 8.70. The number of phenols is 2. The Morgan fingerprint density at radius 3 is 2.28 bits per heavy atom. The lowest BCUT2D eigenvalue weighted by molar-refractivity contribution is -0.122. The van der Waals surface area contributed by atoms with Crippen molar-refractivity contribution in [2.45, 2.75) is 25.8 Å². The number of amidine groups is 1. The number of benzene rings is 3. The number of nitrogens with one attached hydrogen (secondary N) is 2. The van der Waals surface area contributed by atoms with Crippen molar-refractivity contribution in [3.05, 3.63) is 65.2 Å². The van der Waals surface area contributed by atoms with Crippen LogP contribution in [0.5, 0.6) is 11.5 Å². The lowest BCUT2D eigenvalue weighted by Gasteiger charge is -2.24. The monoisotopic (exact) mass is 530 g/mol. The minimum absolute atomic E-state index is 0. The molecule has 11 heteroatoms. The molecule has 0 aliphatic rings. The molecule has 36 heavy (non-hydrogen) atoms. The van der Waals surface area contributed by atoms with E-state index in [1.54, 1.807) is 56.3 Å². The highest BCUT2D eigenvalue weighted by Crippen LogP contribution is 2.44. The highest BCUT2D eigenvalue weighted by atomic mass is 35.5. The van der Waals surface area contributed by atoms with Gasteiger partial charge in [-0.05, 0) is 67.4 Å². The third kappa shape index (κ3) is 4.94. The summed E-state index contributed by atoms with van der Waals surface area (Å²) < 4.78 is 0. The maximum absolute atomic E-state index is 12.3. The quantitative estimate of drug-likeness (QED) is 0.147. The Labute approximate surface area is 220 Å². The van der Waals surface area contributed by atoms with Crippen molar-refractivity contribution in [3.63, 3.8) is 0 Å². The summed E-state index contributed by atoms with van der Waals surface area (Å²) >= 11 is 0. The molecular weight excluding hydrogens is 503 g/mol. The van der Waals surface area contributed by atoms with Gasteiger partial charge in [-0.2, -0.15) is 0 Å². The first kappa shape index (κ1) is 28.4. The molecule has 0 fully saturated rings. The first-order chi connectivity index (χ1) is 16.0. The molecule has 1 amide bonds. The molecule has 0 saturated carbocycles. The van der Waals surface area contributed by atoms with Crippen LogP contribution in [0.2, 0.25) is 0 Å². The van der Waals surface area contributed by atoms with Crippen molar-refractivity contribution in [2.24, 2.45) is 17.2 Å². The molecule has 9 nitrogen and oxygen atoms in total. The predicted octanol–water partition coefficient (Wildman–Crippen LogP) is 3.66. The fourth-order valence-electron chi connectivity index (χ4n) is 3.75. The largest absolute Gasteiger partial charge is 0.507 e. The summed E-state index contributed by atoms with van der Waals surface area (Å²) in [5.41, 5.74) is 20.0. The van der Waals surface area contributed by atoms with E-state index in [1.165, 1.54) is 6.07 Å². The van der Waals surface area contributed by atoms with Gasteiger partial charge in [0.15, 0.2) is 0 Å². The first-order valence-corrected chi connectivity index (χ1v) is 10.6. The molecule has 0 aliphatic carbocycles. The van der Waals surface area contributed by atoms with E-state index in [-0.39, 0.29) is 48.7 Å². The fraction of sp³-hybridized carbons (Fsp3) is 0.160. The third-order valence-corrected chi connectivity index (χ3v) is 6.08. The molecule has 0 atom stereocenters. The van der Waals surface area contributed by atoms with Crippen LogP contribution in [0.4, 0.5) is 0 Å². The molecule has 0 saturated heterocycles. The Morgan fingerprint density at radius 2 is 1.67 bits per heavy atom. The van der Waals surface area contributed by atoms with Gasteiger partial charge in [-0.25, -0.2) is 4.98 Å². The summed E-state index contributed by atoms with van der Waals surface area (Å²) in [5.74, 6) is -0.483. The van der Waals surface area contributed by atoms with Crippen molar-refractivity contribution in [1.82, 2.24) is 9.97 Å². The first-order valence-electron chi connectivity index (χ1n) is 10.6. The second kappa shape index (κ2) is 10.4. The van der Waals surface area contributed by atoms with E-state index >= 15 is 0 Å². The van der Waals surface area contributed by atoms with E-state index in [0.717, 1.165) is 5.56 Å². The van der Waals surface area contributed by atoms with Crippen LogP contribution in [0.25, 0.3) is 33.5 Å². The number of aromatic amines is 1. The van der Waals surface area contributed by atoms with Crippen molar-refractivity contribution < 1.29 is 15.0 Å². The van der Waals surface area contributed by atoms with E-state index < -0.39 is 11.3 Å². The number of H-pyrrole nitrogens is 1. The van der Waals surface area contributed by atoms with E-state index in [0.29, 0.717) is 44.7 Å². The van der Waals surface area contributed by atoms with Gasteiger partial charge in [-0.3, -0.25) is 10.2 Å². The number of carbonyl (C=O) groups is 1. The second-order valence-electron chi connectivity index (χ2n) is 8.70. The van der Waals surface area contributed by atoms with E-state index in [9.17, 15) is 15.0 Å². The minimum Gasteiger partial charge on any atom is -0.507 e. The average molecular weight is 531 g/mol. The van der Waals surface area contributed by atoms with Gasteiger partial charge in [-0.1, -0.05) is 6.07 Å². The molecule has 4 aromatic rings. The Hall–Kier alpha value is -3.79. The van der Waals surface area contributed by atoms with Gasteiger partial charge in [0.25, 0.3) is 0 Å². The Morgan fingerprint density at radius 1 is 1.00 bits per heavy atom. The SMILES string of the molecule is CC(C)(C(N)=O)c1cc(-c2nc3ccc(C(=N)N)cc3[nH]2)c(O)c(-c2cc(CN)ccc2O)c1.Cl.Cl. The van der Waals surface area contributed by atoms with Crippen molar-refractivity contribution in [1.29, 1.82) is 5.41 Å². The molecule has 1 heterocycles. The number of phenolic OH excluding ortho intramolecular Hbond substituents is 2. The Balaban J connectivity index is 0.00000228. The van der Waals surface area contributed by atoms with Crippen LogP contribution >= 0.6 is 24.8 Å². The zero-order valence-electron chi connectivity index (χ0n) is 19.6. The molecule has 190 valence electrons.